The molecule has 0 aliphatic heterocycles. The van der Waals surface area contributed by atoms with E-state index in [0.717, 1.165) is 22.9 Å². The number of carbonyl (C=O) groups is 1. The molecule has 1 aliphatic rings. The van der Waals surface area contributed by atoms with Crippen LogP contribution in [0.2, 0.25) is 5.02 Å². The molecule has 1 N–H and O–H groups in total. The molecule has 1 amide bonds. The molecule has 0 saturated heterocycles. The van der Waals surface area contributed by atoms with E-state index in [1.807, 2.05) is 24.3 Å². The second kappa shape index (κ2) is 8.65. The number of carbonyl (C=O) groups excluding carboxylic acids is 1. The number of nitrogens with zero attached hydrogens (tertiary/aromatic N) is 1. The fraction of sp³-hybridized carbons (Fsp3) is 0.238. The van der Waals surface area contributed by atoms with Gasteiger partial charge in [-0.15, -0.1) is 0 Å². The van der Waals surface area contributed by atoms with Crippen molar-refractivity contribution < 1.29 is 4.79 Å². The van der Waals surface area contributed by atoms with Crippen molar-refractivity contribution in [1.29, 1.82) is 0 Å². The van der Waals surface area contributed by atoms with Gasteiger partial charge in [-0.1, -0.05) is 63.4 Å². The van der Waals surface area contributed by atoms with E-state index in [9.17, 15) is 4.79 Å². The average Bonchev–Trinajstić information content (AvgIpc) is 2.64. The molecular formula is C21H20BrClN2O. The summed E-state index contributed by atoms with van der Waals surface area (Å²) in [6, 6.07) is 15.5. The van der Waals surface area contributed by atoms with Crippen LogP contribution in [0, 0.1) is 5.92 Å². The predicted molar refractivity (Wildman–Crippen MR) is 111 cm³/mol. The van der Waals surface area contributed by atoms with Crippen LogP contribution in [-0.4, -0.2) is 12.1 Å². The zero-order valence-corrected chi connectivity index (χ0v) is 16.8. The van der Waals surface area contributed by atoms with E-state index in [1.54, 1.807) is 18.3 Å². The number of hydrazone groups is 1. The Hall–Kier alpha value is -1.91. The first-order valence-electron chi connectivity index (χ1n) is 8.52. The molecule has 2 aromatic carbocycles. The van der Waals surface area contributed by atoms with Crippen LogP contribution in [0.4, 0.5) is 0 Å². The van der Waals surface area contributed by atoms with Crippen LogP contribution >= 0.6 is 27.5 Å². The number of amides is 1. The minimum absolute atomic E-state index is 0.0492. The van der Waals surface area contributed by atoms with Crippen LogP contribution in [0.3, 0.4) is 0 Å². The van der Waals surface area contributed by atoms with Crippen molar-refractivity contribution in [3.05, 3.63) is 80.8 Å². The molecule has 2 atom stereocenters. The summed E-state index contributed by atoms with van der Waals surface area (Å²) in [6.07, 6.45) is 5.41. The van der Waals surface area contributed by atoms with Gasteiger partial charge in [0.1, 0.15) is 0 Å². The molecule has 3 nitrogen and oxygen atoms in total. The monoisotopic (exact) mass is 430 g/mol. The predicted octanol–water partition coefficient (Wildman–Crippen LogP) is 5.69. The average molecular weight is 432 g/mol. The summed E-state index contributed by atoms with van der Waals surface area (Å²) in [5.74, 6) is -0.00652. The van der Waals surface area contributed by atoms with Gasteiger partial charge in [-0.25, -0.2) is 5.43 Å². The molecule has 26 heavy (non-hydrogen) atoms. The van der Waals surface area contributed by atoms with Crippen LogP contribution in [0.1, 0.15) is 36.8 Å². The first-order valence-corrected chi connectivity index (χ1v) is 9.69. The Kier molecular flexibility index (Phi) is 6.28. The Labute approximate surface area is 167 Å². The van der Waals surface area contributed by atoms with E-state index in [-0.39, 0.29) is 17.7 Å². The van der Waals surface area contributed by atoms with E-state index in [4.69, 9.17) is 11.6 Å². The van der Waals surface area contributed by atoms with Crippen LogP contribution in [0.5, 0.6) is 0 Å². The SMILES string of the molecule is CC1=CCC(C(=O)NN=Cc2ccc(Cl)cc2)C(c2ccc(Br)cc2)C1. The first-order chi connectivity index (χ1) is 12.5. The second-order valence-electron chi connectivity index (χ2n) is 6.54. The number of rotatable bonds is 4. The molecule has 2 unspecified atom stereocenters. The van der Waals surface area contributed by atoms with E-state index in [1.165, 1.54) is 11.1 Å². The van der Waals surface area contributed by atoms with Crippen molar-refractivity contribution in [2.45, 2.75) is 25.7 Å². The van der Waals surface area contributed by atoms with Gasteiger partial charge in [-0.2, -0.15) is 5.10 Å². The van der Waals surface area contributed by atoms with E-state index >= 15 is 0 Å². The van der Waals surface area contributed by atoms with Gasteiger partial charge in [-0.3, -0.25) is 4.79 Å². The lowest BCUT2D eigenvalue weighted by atomic mass is 9.75. The number of allylic oxidation sites excluding steroid dienone is 2. The fourth-order valence-electron chi connectivity index (χ4n) is 3.22. The standard InChI is InChI=1S/C21H20BrClN2O/c1-14-2-11-19(20(12-14)16-5-7-17(22)8-6-16)21(26)25-24-13-15-3-9-18(23)10-4-15/h2-10,13,19-20H,11-12H2,1H3,(H,25,26). The summed E-state index contributed by atoms with van der Waals surface area (Å²) in [5.41, 5.74) is 6.10. The second-order valence-corrected chi connectivity index (χ2v) is 7.89. The lowest BCUT2D eigenvalue weighted by Crippen LogP contribution is -2.33. The molecule has 0 saturated carbocycles. The van der Waals surface area contributed by atoms with Gasteiger partial charge in [-0.05, 0) is 61.1 Å². The summed E-state index contributed by atoms with van der Waals surface area (Å²) < 4.78 is 1.04. The number of hydrogen-bond donors (Lipinski definition) is 1. The van der Waals surface area contributed by atoms with Crippen LogP contribution in [-0.2, 0) is 4.79 Å². The lowest BCUT2D eigenvalue weighted by molar-refractivity contribution is -0.125. The molecule has 0 spiro atoms. The maximum atomic E-state index is 12.7. The van der Waals surface area contributed by atoms with E-state index in [0.29, 0.717) is 5.02 Å². The number of benzene rings is 2. The van der Waals surface area contributed by atoms with Crippen molar-refractivity contribution >= 4 is 39.7 Å². The van der Waals surface area contributed by atoms with Gasteiger partial charge in [0.15, 0.2) is 0 Å². The summed E-state index contributed by atoms with van der Waals surface area (Å²) in [5, 5.41) is 4.79. The minimum atomic E-state index is -0.123. The molecule has 5 heteroatoms. The minimum Gasteiger partial charge on any atom is -0.273 e. The summed E-state index contributed by atoms with van der Waals surface area (Å²) in [4.78, 5) is 12.7. The molecule has 0 bridgehead atoms. The van der Waals surface area contributed by atoms with Crippen LogP contribution in [0.25, 0.3) is 0 Å². The fourth-order valence-corrected chi connectivity index (χ4v) is 3.61. The molecular weight excluding hydrogens is 412 g/mol. The Morgan fingerprint density at radius 2 is 1.88 bits per heavy atom. The normalized spacial score (nSPS) is 20.0. The number of halogens is 2. The Bertz CT molecular complexity index is 828. The third kappa shape index (κ3) is 4.83. The Morgan fingerprint density at radius 3 is 2.58 bits per heavy atom. The molecule has 0 heterocycles. The maximum absolute atomic E-state index is 12.7. The molecule has 2 aromatic rings. The molecule has 0 fully saturated rings. The first kappa shape index (κ1) is 18.9. The summed E-state index contributed by atoms with van der Waals surface area (Å²) >= 11 is 9.34. The van der Waals surface area contributed by atoms with Crippen molar-refractivity contribution in [3.63, 3.8) is 0 Å². The highest BCUT2D eigenvalue weighted by molar-refractivity contribution is 9.10. The van der Waals surface area contributed by atoms with Gasteiger partial charge in [0.05, 0.1) is 12.1 Å². The maximum Gasteiger partial charge on any atom is 0.244 e. The quantitative estimate of drug-likeness (QED) is 0.377. The Balaban J connectivity index is 1.71. The largest absolute Gasteiger partial charge is 0.273 e. The molecule has 3 rings (SSSR count). The van der Waals surface area contributed by atoms with Crippen molar-refractivity contribution in [2.75, 3.05) is 0 Å². The van der Waals surface area contributed by atoms with Crippen molar-refractivity contribution in [3.8, 4) is 0 Å². The lowest BCUT2D eigenvalue weighted by Gasteiger charge is -2.29. The van der Waals surface area contributed by atoms with Gasteiger partial charge < -0.3 is 0 Å². The van der Waals surface area contributed by atoms with Gasteiger partial charge >= 0.3 is 0 Å². The molecule has 1 aliphatic carbocycles. The smallest absolute Gasteiger partial charge is 0.244 e. The highest BCUT2D eigenvalue weighted by Crippen LogP contribution is 2.38. The molecule has 134 valence electrons. The van der Waals surface area contributed by atoms with E-state index < -0.39 is 0 Å². The zero-order valence-electron chi connectivity index (χ0n) is 14.5. The van der Waals surface area contributed by atoms with Crippen molar-refractivity contribution in [2.24, 2.45) is 11.0 Å². The van der Waals surface area contributed by atoms with Crippen LogP contribution in [0.15, 0.2) is 69.8 Å². The zero-order chi connectivity index (χ0) is 18.5. The van der Waals surface area contributed by atoms with Crippen LogP contribution < -0.4 is 5.43 Å². The third-order valence-corrected chi connectivity index (χ3v) is 5.42. The summed E-state index contributed by atoms with van der Waals surface area (Å²) in [7, 11) is 0. The third-order valence-electron chi connectivity index (χ3n) is 4.64. The molecule has 0 radical (unpaired) electrons. The topological polar surface area (TPSA) is 41.5 Å². The van der Waals surface area contributed by atoms with Crippen molar-refractivity contribution in [1.82, 2.24) is 5.43 Å². The van der Waals surface area contributed by atoms with E-state index in [2.05, 4.69) is 51.6 Å². The van der Waals surface area contributed by atoms with Gasteiger partial charge in [0.25, 0.3) is 0 Å². The number of nitrogens with one attached hydrogen (secondary N) is 1. The highest BCUT2D eigenvalue weighted by atomic mass is 79.9. The number of hydrogen-bond acceptors (Lipinski definition) is 2. The van der Waals surface area contributed by atoms with Gasteiger partial charge in [0.2, 0.25) is 5.91 Å². The summed E-state index contributed by atoms with van der Waals surface area (Å²) in [6.45, 7) is 2.12. The van der Waals surface area contributed by atoms with Gasteiger partial charge in [0, 0.05) is 9.50 Å². The highest BCUT2D eigenvalue weighted by Gasteiger charge is 2.31. The molecule has 0 aromatic heterocycles. The Morgan fingerprint density at radius 1 is 1.19 bits per heavy atom.